The van der Waals surface area contributed by atoms with Crippen molar-refractivity contribution < 1.29 is 18.0 Å². The molecular formula is C16H18N2O4S2. The molecule has 0 radical (unpaired) electrons. The summed E-state index contributed by atoms with van der Waals surface area (Å²) in [6.45, 7) is 1.69. The molecule has 0 aliphatic heterocycles. The summed E-state index contributed by atoms with van der Waals surface area (Å²) in [4.78, 5) is 23.7. The molecule has 1 atom stereocenters. The van der Waals surface area contributed by atoms with Crippen molar-refractivity contribution in [3.8, 4) is 0 Å². The van der Waals surface area contributed by atoms with Gasteiger partial charge in [-0.2, -0.15) is 0 Å². The largest absolute Gasteiger partial charge is 0.351 e. The highest BCUT2D eigenvalue weighted by atomic mass is 32.2. The number of hydrogen-bond donors (Lipinski definition) is 2. The zero-order valence-corrected chi connectivity index (χ0v) is 14.9. The second-order valence-corrected chi connectivity index (χ2v) is 8.26. The minimum atomic E-state index is -3.70. The molecule has 0 fully saturated rings. The first kappa shape index (κ1) is 18.2. The van der Waals surface area contributed by atoms with Gasteiger partial charge in [0.05, 0.1) is 4.90 Å². The van der Waals surface area contributed by atoms with Gasteiger partial charge < -0.3 is 10.6 Å². The van der Waals surface area contributed by atoms with E-state index >= 15 is 0 Å². The molecule has 8 heteroatoms. The molecule has 2 rings (SSSR count). The van der Waals surface area contributed by atoms with Gasteiger partial charge in [-0.05, 0) is 30.5 Å². The fourth-order valence-corrected chi connectivity index (χ4v) is 4.89. The Morgan fingerprint density at radius 3 is 2.33 bits per heavy atom. The minimum absolute atomic E-state index is 0.178. The first-order valence-corrected chi connectivity index (χ1v) is 9.62. The minimum Gasteiger partial charge on any atom is -0.351 e. The van der Waals surface area contributed by atoms with Gasteiger partial charge in [-0.15, -0.1) is 11.3 Å². The molecule has 1 heterocycles. The molecule has 128 valence electrons. The topological polar surface area (TPSA) is 92.3 Å². The van der Waals surface area contributed by atoms with E-state index in [1.807, 2.05) is 6.92 Å². The smallest absolute Gasteiger partial charge is 0.309 e. The molecule has 2 N–H and O–H groups in total. The van der Waals surface area contributed by atoms with Gasteiger partial charge in [0.15, 0.2) is 9.84 Å². The third-order valence-electron chi connectivity index (χ3n) is 3.47. The first-order chi connectivity index (χ1) is 11.4. The van der Waals surface area contributed by atoms with Crippen LogP contribution in [0.5, 0.6) is 0 Å². The number of hydrogen-bond acceptors (Lipinski definition) is 5. The lowest BCUT2D eigenvalue weighted by molar-refractivity contribution is -0.138. The maximum absolute atomic E-state index is 12.9. The Balaban J connectivity index is 2.31. The van der Waals surface area contributed by atoms with Crippen molar-refractivity contribution in [3.63, 3.8) is 0 Å². The molecule has 1 aromatic heterocycles. The van der Waals surface area contributed by atoms with Crippen LogP contribution in [0.1, 0.15) is 15.7 Å². The highest BCUT2D eigenvalue weighted by molar-refractivity contribution is 7.91. The standard InChI is InChI=1S/C16H18N2O4S2/c1-11-5-7-12(8-6-11)24(21,22)14(13-4-3-9-23-13)10-18-16(20)15(19)17-2/h3-9,14H,10H2,1-2H3,(H,17,19)(H,18,20)/t14-/m1/s1. The van der Waals surface area contributed by atoms with Crippen LogP contribution in [0.15, 0.2) is 46.7 Å². The Morgan fingerprint density at radius 1 is 1.12 bits per heavy atom. The van der Waals surface area contributed by atoms with Crippen LogP contribution in [-0.2, 0) is 19.4 Å². The van der Waals surface area contributed by atoms with Crippen molar-refractivity contribution in [2.45, 2.75) is 17.1 Å². The van der Waals surface area contributed by atoms with Gasteiger partial charge in [0, 0.05) is 18.5 Å². The number of thiophene rings is 1. The van der Waals surface area contributed by atoms with E-state index in [4.69, 9.17) is 0 Å². The van der Waals surface area contributed by atoms with Gasteiger partial charge in [0.25, 0.3) is 0 Å². The van der Waals surface area contributed by atoms with E-state index in [0.717, 1.165) is 5.56 Å². The molecule has 2 aromatic rings. The zero-order chi connectivity index (χ0) is 17.7. The second-order valence-electron chi connectivity index (χ2n) is 5.15. The average molecular weight is 366 g/mol. The molecule has 2 amide bonds. The summed E-state index contributed by atoms with van der Waals surface area (Å²) in [6, 6.07) is 9.99. The van der Waals surface area contributed by atoms with Gasteiger partial charge in [0.2, 0.25) is 0 Å². The molecule has 6 nitrogen and oxygen atoms in total. The van der Waals surface area contributed by atoms with E-state index in [2.05, 4.69) is 10.6 Å². The van der Waals surface area contributed by atoms with Gasteiger partial charge in [0.1, 0.15) is 5.25 Å². The molecule has 0 saturated carbocycles. The predicted octanol–water partition coefficient (Wildman–Crippen LogP) is 1.43. The molecular weight excluding hydrogens is 348 g/mol. The van der Waals surface area contributed by atoms with Crippen LogP contribution in [0.3, 0.4) is 0 Å². The summed E-state index contributed by atoms with van der Waals surface area (Å²) in [5.74, 6) is -1.68. The Morgan fingerprint density at radius 2 is 1.79 bits per heavy atom. The average Bonchev–Trinajstić information content (AvgIpc) is 3.08. The van der Waals surface area contributed by atoms with Crippen molar-refractivity contribution >= 4 is 33.0 Å². The van der Waals surface area contributed by atoms with Crippen LogP contribution < -0.4 is 10.6 Å². The van der Waals surface area contributed by atoms with Gasteiger partial charge in [-0.25, -0.2) is 8.42 Å². The summed E-state index contributed by atoms with van der Waals surface area (Å²) in [5, 5.41) is 5.41. The van der Waals surface area contributed by atoms with Gasteiger partial charge in [-0.3, -0.25) is 9.59 Å². The fourth-order valence-electron chi connectivity index (χ4n) is 2.11. The summed E-state index contributed by atoms with van der Waals surface area (Å²) in [5.41, 5.74) is 0.953. The third-order valence-corrected chi connectivity index (χ3v) is 6.70. The summed E-state index contributed by atoms with van der Waals surface area (Å²) < 4.78 is 25.9. The quantitative estimate of drug-likeness (QED) is 0.783. The van der Waals surface area contributed by atoms with E-state index in [1.165, 1.54) is 18.4 Å². The fraction of sp³-hybridized carbons (Fsp3) is 0.250. The van der Waals surface area contributed by atoms with Gasteiger partial charge in [-0.1, -0.05) is 23.8 Å². The van der Waals surface area contributed by atoms with Crippen molar-refractivity contribution in [2.24, 2.45) is 0 Å². The summed E-state index contributed by atoms with van der Waals surface area (Å²) in [7, 11) is -2.37. The highest BCUT2D eigenvalue weighted by Crippen LogP contribution is 2.31. The van der Waals surface area contributed by atoms with Crippen molar-refractivity contribution in [1.29, 1.82) is 0 Å². The normalized spacial score (nSPS) is 12.4. The Hall–Kier alpha value is -2.19. The lowest BCUT2D eigenvalue weighted by Crippen LogP contribution is -2.40. The zero-order valence-electron chi connectivity index (χ0n) is 13.3. The van der Waals surface area contributed by atoms with E-state index in [1.54, 1.807) is 41.8 Å². The van der Waals surface area contributed by atoms with Crippen molar-refractivity contribution in [1.82, 2.24) is 10.6 Å². The molecule has 0 saturated heterocycles. The van der Waals surface area contributed by atoms with Crippen LogP contribution in [0.4, 0.5) is 0 Å². The summed E-state index contributed by atoms with van der Waals surface area (Å²) in [6.07, 6.45) is 0. The maximum Gasteiger partial charge on any atom is 0.309 e. The lowest BCUT2D eigenvalue weighted by atomic mass is 10.2. The molecule has 1 aromatic carbocycles. The van der Waals surface area contributed by atoms with Crippen LogP contribution in [0, 0.1) is 6.92 Å². The second kappa shape index (κ2) is 7.59. The number of likely N-dealkylation sites (N-methyl/N-ethyl adjacent to an activating group) is 1. The van der Waals surface area contributed by atoms with Crippen molar-refractivity contribution in [2.75, 3.05) is 13.6 Å². The third kappa shape index (κ3) is 4.01. The van der Waals surface area contributed by atoms with E-state index in [0.29, 0.717) is 4.88 Å². The number of aryl methyl sites for hydroxylation is 1. The number of carbonyl (C=O) groups excluding carboxylic acids is 2. The monoisotopic (exact) mass is 366 g/mol. The number of amides is 2. The molecule has 0 aliphatic rings. The highest BCUT2D eigenvalue weighted by Gasteiger charge is 2.31. The van der Waals surface area contributed by atoms with E-state index in [-0.39, 0.29) is 11.4 Å². The van der Waals surface area contributed by atoms with Crippen LogP contribution in [-0.4, -0.2) is 33.8 Å². The number of sulfone groups is 1. The van der Waals surface area contributed by atoms with Crippen LogP contribution in [0.25, 0.3) is 0 Å². The molecule has 0 spiro atoms. The van der Waals surface area contributed by atoms with E-state index < -0.39 is 26.9 Å². The van der Waals surface area contributed by atoms with Crippen LogP contribution >= 0.6 is 11.3 Å². The lowest BCUT2D eigenvalue weighted by Gasteiger charge is -2.17. The van der Waals surface area contributed by atoms with Gasteiger partial charge >= 0.3 is 11.8 Å². The number of rotatable bonds is 5. The predicted molar refractivity (Wildman–Crippen MR) is 92.5 cm³/mol. The summed E-state index contributed by atoms with van der Waals surface area (Å²) >= 11 is 1.29. The number of nitrogens with one attached hydrogen (secondary N) is 2. The number of benzene rings is 1. The Labute approximate surface area is 144 Å². The first-order valence-electron chi connectivity index (χ1n) is 7.20. The maximum atomic E-state index is 12.9. The Bertz CT molecular complexity index is 812. The van der Waals surface area contributed by atoms with E-state index in [9.17, 15) is 18.0 Å². The molecule has 0 aliphatic carbocycles. The molecule has 0 bridgehead atoms. The molecule has 0 unspecified atom stereocenters. The molecule has 24 heavy (non-hydrogen) atoms. The number of carbonyl (C=O) groups is 2. The van der Waals surface area contributed by atoms with Crippen molar-refractivity contribution in [3.05, 3.63) is 52.2 Å². The Kier molecular flexibility index (Phi) is 5.74. The van der Waals surface area contributed by atoms with Crippen LogP contribution in [0.2, 0.25) is 0 Å². The SMILES string of the molecule is CNC(=O)C(=O)NC[C@H](c1cccs1)S(=O)(=O)c1ccc(C)cc1.